The zero-order valence-electron chi connectivity index (χ0n) is 13.5. The first-order valence-corrected chi connectivity index (χ1v) is 7.72. The molecule has 0 fully saturated rings. The van der Waals surface area contributed by atoms with Crippen molar-refractivity contribution in [2.24, 2.45) is 0 Å². The number of rotatable bonds is 8. The van der Waals surface area contributed by atoms with E-state index in [9.17, 15) is 4.79 Å². The van der Waals surface area contributed by atoms with Gasteiger partial charge in [-0.2, -0.15) is 0 Å². The maximum atomic E-state index is 12.3. The third kappa shape index (κ3) is 5.07. The van der Waals surface area contributed by atoms with Gasteiger partial charge in [0.25, 0.3) is 5.91 Å². The third-order valence-corrected chi connectivity index (χ3v) is 3.40. The van der Waals surface area contributed by atoms with Crippen molar-refractivity contribution >= 4 is 29.1 Å². The van der Waals surface area contributed by atoms with Gasteiger partial charge in [-0.1, -0.05) is 11.6 Å². The van der Waals surface area contributed by atoms with E-state index in [4.69, 9.17) is 21.1 Å². The van der Waals surface area contributed by atoms with Gasteiger partial charge in [0.15, 0.2) is 0 Å². The maximum Gasteiger partial charge on any atom is 0.274 e. The minimum Gasteiger partial charge on any atom is -0.495 e. The summed E-state index contributed by atoms with van der Waals surface area (Å²) in [4.78, 5) is 20.6. The van der Waals surface area contributed by atoms with E-state index in [1.54, 1.807) is 31.4 Å². The average molecular weight is 351 g/mol. The van der Waals surface area contributed by atoms with Crippen LogP contribution in [0.4, 0.5) is 11.6 Å². The Balaban J connectivity index is 2.00. The molecule has 8 heteroatoms. The van der Waals surface area contributed by atoms with Crippen LogP contribution in [0.5, 0.6) is 5.75 Å². The number of carbonyl (C=O) groups is 1. The number of carbonyl (C=O) groups excluding carboxylic acids is 1. The second-order valence-electron chi connectivity index (χ2n) is 4.84. The first-order valence-electron chi connectivity index (χ1n) is 7.35. The molecule has 128 valence electrons. The highest BCUT2D eigenvalue weighted by Crippen LogP contribution is 2.27. The van der Waals surface area contributed by atoms with E-state index in [0.717, 1.165) is 6.42 Å². The Morgan fingerprint density at radius 2 is 2.12 bits per heavy atom. The van der Waals surface area contributed by atoms with Crippen molar-refractivity contribution in [2.75, 3.05) is 38.0 Å². The molecule has 1 aromatic heterocycles. The molecule has 2 aromatic rings. The Morgan fingerprint density at radius 3 is 2.83 bits per heavy atom. The summed E-state index contributed by atoms with van der Waals surface area (Å²) in [6, 6.07) is 6.54. The first kappa shape index (κ1) is 18.0. The smallest absolute Gasteiger partial charge is 0.274 e. The predicted molar refractivity (Wildman–Crippen MR) is 93.0 cm³/mol. The molecule has 0 aliphatic carbocycles. The summed E-state index contributed by atoms with van der Waals surface area (Å²) in [5.41, 5.74) is 0.810. The largest absolute Gasteiger partial charge is 0.495 e. The molecule has 1 aromatic carbocycles. The average Bonchev–Trinajstić information content (AvgIpc) is 2.59. The van der Waals surface area contributed by atoms with E-state index < -0.39 is 0 Å². The molecular formula is C16H19ClN4O3. The quantitative estimate of drug-likeness (QED) is 0.712. The van der Waals surface area contributed by atoms with E-state index in [0.29, 0.717) is 35.6 Å². The number of anilines is 2. The van der Waals surface area contributed by atoms with Crippen molar-refractivity contribution in [3.05, 3.63) is 41.2 Å². The van der Waals surface area contributed by atoms with Gasteiger partial charge in [-0.3, -0.25) is 4.79 Å². The van der Waals surface area contributed by atoms with Gasteiger partial charge in [-0.25, -0.2) is 9.97 Å². The van der Waals surface area contributed by atoms with Crippen LogP contribution in [0.1, 0.15) is 16.9 Å². The van der Waals surface area contributed by atoms with Gasteiger partial charge in [0, 0.05) is 32.1 Å². The van der Waals surface area contributed by atoms with Crippen molar-refractivity contribution in [3.8, 4) is 5.75 Å². The number of nitrogens with zero attached hydrogens (tertiary/aromatic N) is 2. The lowest BCUT2D eigenvalue weighted by Gasteiger charge is -2.09. The minimum atomic E-state index is -0.349. The summed E-state index contributed by atoms with van der Waals surface area (Å²) < 4.78 is 10.0. The van der Waals surface area contributed by atoms with Crippen molar-refractivity contribution < 1.29 is 14.3 Å². The molecule has 0 atom stereocenters. The van der Waals surface area contributed by atoms with E-state index in [1.165, 1.54) is 13.3 Å². The molecule has 0 unspecified atom stereocenters. The number of methoxy groups -OCH3 is 2. The van der Waals surface area contributed by atoms with Gasteiger partial charge in [-0.15, -0.1) is 0 Å². The lowest BCUT2D eigenvalue weighted by molar-refractivity contribution is 0.102. The van der Waals surface area contributed by atoms with Crippen molar-refractivity contribution in [1.82, 2.24) is 9.97 Å². The second-order valence-corrected chi connectivity index (χ2v) is 5.25. The van der Waals surface area contributed by atoms with Crippen LogP contribution in [0.15, 0.2) is 30.5 Å². The zero-order valence-corrected chi connectivity index (χ0v) is 14.3. The van der Waals surface area contributed by atoms with E-state index in [-0.39, 0.29) is 11.6 Å². The normalized spacial score (nSPS) is 10.3. The van der Waals surface area contributed by atoms with Crippen LogP contribution in [0, 0.1) is 0 Å². The van der Waals surface area contributed by atoms with Crippen LogP contribution in [0.2, 0.25) is 5.02 Å². The maximum absolute atomic E-state index is 12.3. The standard InChI is InChI=1S/C16H19ClN4O3/c1-23-9-3-7-18-16-19-8-6-13(21-16)15(22)20-11-4-5-14(24-2)12(17)10-11/h4-6,8,10H,3,7,9H2,1-2H3,(H,20,22)(H,18,19,21). The molecule has 1 heterocycles. The lowest BCUT2D eigenvalue weighted by Crippen LogP contribution is -2.16. The number of hydrogen-bond acceptors (Lipinski definition) is 6. The molecule has 0 bridgehead atoms. The molecule has 0 radical (unpaired) electrons. The Labute approximate surface area is 145 Å². The van der Waals surface area contributed by atoms with Gasteiger partial charge in [0.2, 0.25) is 5.95 Å². The number of hydrogen-bond donors (Lipinski definition) is 2. The Hall–Kier alpha value is -2.38. The van der Waals surface area contributed by atoms with Crippen molar-refractivity contribution in [3.63, 3.8) is 0 Å². The third-order valence-electron chi connectivity index (χ3n) is 3.11. The Bertz CT molecular complexity index is 697. The number of halogens is 1. The first-order chi connectivity index (χ1) is 11.6. The van der Waals surface area contributed by atoms with E-state index in [1.807, 2.05) is 0 Å². The number of amides is 1. The van der Waals surface area contributed by atoms with E-state index >= 15 is 0 Å². The van der Waals surface area contributed by atoms with Crippen molar-refractivity contribution in [1.29, 1.82) is 0 Å². The van der Waals surface area contributed by atoms with Crippen LogP contribution in [-0.2, 0) is 4.74 Å². The van der Waals surface area contributed by atoms with Gasteiger partial charge < -0.3 is 20.1 Å². The molecule has 2 N–H and O–H groups in total. The summed E-state index contributed by atoms with van der Waals surface area (Å²) in [5.74, 6) is 0.587. The number of aromatic nitrogens is 2. The summed E-state index contributed by atoms with van der Waals surface area (Å²) in [5, 5.41) is 6.20. The molecule has 1 amide bonds. The van der Waals surface area contributed by atoms with Crippen LogP contribution >= 0.6 is 11.6 Å². The molecule has 0 aliphatic heterocycles. The molecule has 0 saturated heterocycles. The SMILES string of the molecule is COCCCNc1nccc(C(=O)Nc2ccc(OC)c(Cl)c2)n1. The molecule has 7 nitrogen and oxygen atoms in total. The Kier molecular flexibility index (Phi) is 6.77. The zero-order chi connectivity index (χ0) is 17.4. The highest BCUT2D eigenvalue weighted by Gasteiger charge is 2.10. The number of nitrogens with one attached hydrogen (secondary N) is 2. The van der Waals surface area contributed by atoms with Crippen LogP contribution < -0.4 is 15.4 Å². The predicted octanol–water partition coefficient (Wildman–Crippen LogP) is 2.84. The monoisotopic (exact) mass is 350 g/mol. The number of ether oxygens (including phenoxy) is 2. The minimum absolute atomic E-state index is 0.256. The number of benzene rings is 1. The summed E-state index contributed by atoms with van der Waals surface area (Å²) in [6.45, 7) is 1.30. The topological polar surface area (TPSA) is 85.4 Å². The van der Waals surface area contributed by atoms with Gasteiger partial charge in [0.05, 0.1) is 12.1 Å². The van der Waals surface area contributed by atoms with Crippen LogP contribution in [-0.4, -0.2) is 43.2 Å². The highest BCUT2D eigenvalue weighted by atomic mass is 35.5. The van der Waals surface area contributed by atoms with Crippen molar-refractivity contribution in [2.45, 2.75) is 6.42 Å². The summed E-state index contributed by atoms with van der Waals surface area (Å²) in [7, 11) is 3.18. The Morgan fingerprint density at radius 1 is 1.29 bits per heavy atom. The summed E-state index contributed by atoms with van der Waals surface area (Å²) in [6.07, 6.45) is 2.35. The highest BCUT2D eigenvalue weighted by molar-refractivity contribution is 6.32. The molecule has 0 spiro atoms. The fraction of sp³-hybridized carbons (Fsp3) is 0.312. The van der Waals surface area contributed by atoms with Gasteiger partial charge >= 0.3 is 0 Å². The lowest BCUT2D eigenvalue weighted by atomic mass is 10.3. The fourth-order valence-corrected chi connectivity index (χ4v) is 2.18. The van der Waals surface area contributed by atoms with Gasteiger partial charge in [0.1, 0.15) is 11.4 Å². The molecule has 24 heavy (non-hydrogen) atoms. The molecule has 0 aliphatic rings. The fourth-order valence-electron chi connectivity index (χ4n) is 1.93. The second kappa shape index (κ2) is 9.05. The summed E-state index contributed by atoms with van der Waals surface area (Å²) >= 11 is 6.04. The van der Waals surface area contributed by atoms with E-state index in [2.05, 4.69) is 20.6 Å². The van der Waals surface area contributed by atoms with Gasteiger partial charge in [-0.05, 0) is 30.7 Å². The van der Waals surface area contributed by atoms with Crippen LogP contribution in [0.25, 0.3) is 0 Å². The van der Waals surface area contributed by atoms with Crippen LogP contribution in [0.3, 0.4) is 0 Å². The molecular weight excluding hydrogens is 332 g/mol. The molecule has 2 rings (SSSR count). The molecule has 0 saturated carbocycles.